The van der Waals surface area contributed by atoms with Gasteiger partial charge >= 0.3 is 0 Å². The van der Waals surface area contributed by atoms with E-state index in [4.69, 9.17) is 9.26 Å². The zero-order valence-electron chi connectivity index (χ0n) is 14.6. The molecule has 0 amide bonds. The van der Waals surface area contributed by atoms with Crippen molar-refractivity contribution in [3.8, 4) is 17.1 Å². The number of ether oxygens (including phenoxy) is 1. The molecular formula is C19H21N3O2S. The highest BCUT2D eigenvalue weighted by Gasteiger charge is 2.11. The lowest BCUT2D eigenvalue weighted by Gasteiger charge is -2.14. The molecule has 0 fully saturated rings. The fourth-order valence-corrected chi connectivity index (χ4v) is 2.94. The standard InChI is InChI=1S/C19H21N3O2S/c1-22(12-14-7-9-17(25-3)10-8-14)13-18-20-19(21-24-18)15-5-4-6-16(11-15)23-2/h4-11H,12-13H2,1-3H3. The minimum Gasteiger partial charge on any atom is -0.497 e. The maximum atomic E-state index is 5.39. The first-order valence-corrected chi connectivity index (χ1v) is 9.19. The molecule has 0 spiro atoms. The van der Waals surface area contributed by atoms with E-state index < -0.39 is 0 Å². The van der Waals surface area contributed by atoms with Crippen molar-refractivity contribution in [3.63, 3.8) is 0 Å². The highest BCUT2D eigenvalue weighted by Crippen LogP contribution is 2.21. The molecule has 3 rings (SSSR count). The first kappa shape index (κ1) is 17.5. The molecule has 0 aliphatic heterocycles. The van der Waals surface area contributed by atoms with Crippen LogP contribution < -0.4 is 4.74 Å². The van der Waals surface area contributed by atoms with Gasteiger partial charge in [0, 0.05) is 17.0 Å². The normalized spacial score (nSPS) is 11.0. The lowest BCUT2D eigenvalue weighted by atomic mass is 10.2. The molecule has 0 radical (unpaired) electrons. The van der Waals surface area contributed by atoms with E-state index in [1.54, 1.807) is 18.9 Å². The van der Waals surface area contributed by atoms with Crippen molar-refractivity contribution in [2.75, 3.05) is 20.4 Å². The summed E-state index contributed by atoms with van der Waals surface area (Å²) in [6.07, 6.45) is 2.08. The molecule has 0 saturated heterocycles. The summed E-state index contributed by atoms with van der Waals surface area (Å²) < 4.78 is 10.6. The van der Waals surface area contributed by atoms with Gasteiger partial charge < -0.3 is 9.26 Å². The zero-order chi connectivity index (χ0) is 17.6. The molecule has 6 heteroatoms. The number of thioether (sulfide) groups is 1. The Morgan fingerprint density at radius 2 is 1.92 bits per heavy atom. The second-order valence-corrected chi connectivity index (χ2v) is 6.64. The Morgan fingerprint density at radius 1 is 1.12 bits per heavy atom. The van der Waals surface area contributed by atoms with Gasteiger partial charge in [0.25, 0.3) is 0 Å². The minimum atomic E-state index is 0.576. The van der Waals surface area contributed by atoms with Crippen molar-refractivity contribution < 1.29 is 9.26 Å². The van der Waals surface area contributed by atoms with Crippen molar-refractivity contribution in [2.45, 2.75) is 18.0 Å². The molecule has 1 heterocycles. The summed E-state index contributed by atoms with van der Waals surface area (Å²) in [5.74, 6) is 1.95. The Labute approximate surface area is 152 Å². The van der Waals surface area contributed by atoms with Gasteiger partial charge in [-0.2, -0.15) is 4.98 Å². The number of rotatable bonds is 7. The second-order valence-electron chi connectivity index (χ2n) is 5.76. The molecule has 0 bridgehead atoms. The van der Waals surface area contributed by atoms with Gasteiger partial charge in [-0.3, -0.25) is 4.90 Å². The van der Waals surface area contributed by atoms with Gasteiger partial charge in [0.1, 0.15) is 5.75 Å². The summed E-state index contributed by atoms with van der Waals surface area (Å²) in [5, 5.41) is 4.07. The van der Waals surface area contributed by atoms with Crippen LogP contribution in [0.2, 0.25) is 0 Å². The molecule has 0 unspecified atom stereocenters. The molecule has 0 N–H and O–H groups in total. The number of hydrogen-bond donors (Lipinski definition) is 0. The quantitative estimate of drug-likeness (QED) is 0.595. The van der Waals surface area contributed by atoms with Gasteiger partial charge in [-0.15, -0.1) is 11.8 Å². The second kappa shape index (κ2) is 8.18. The molecule has 25 heavy (non-hydrogen) atoms. The zero-order valence-corrected chi connectivity index (χ0v) is 15.4. The molecule has 0 aliphatic carbocycles. The van der Waals surface area contributed by atoms with Crippen LogP contribution in [0, 0.1) is 0 Å². The Hall–Kier alpha value is -2.31. The van der Waals surface area contributed by atoms with E-state index in [0.717, 1.165) is 17.9 Å². The van der Waals surface area contributed by atoms with Crippen LogP contribution in [0.15, 0.2) is 57.9 Å². The van der Waals surface area contributed by atoms with Crippen molar-refractivity contribution in [2.24, 2.45) is 0 Å². The predicted molar refractivity (Wildman–Crippen MR) is 99.7 cm³/mol. The number of hydrogen-bond acceptors (Lipinski definition) is 6. The Bertz CT molecular complexity index is 818. The molecule has 130 valence electrons. The number of benzene rings is 2. The van der Waals surface area contributed by atoms with Crippen LogP contribution >= 0.6 is 11.8 Å². The van der Waals surface area contributed by atoms with Gasteiger partial charge in [-0.05, 0) is 43.1 Å². The fraction of sp³-hybridized carbons (Fsp3) is 0.263. The summed E-state index contributed by atoms with van der Waals surface area (Å²) in [6.45, 7) is 1.42. The predicted octanol–water partition coefficient (Wildman–Crippen LogP) is 4.10. The first-order chi connectivity index (χ1) is 12.2. The number of nitrogens with zero attached hydrogens (tertiary/aromatic N) is 3. The van der Waals surface area contributed by atoms with E-state index in [-0.39, 0.29) is 0 Å². The van der Waals surface area contributed by atoms with Crippen LogP contribution in [0.1, 0.15) is 11.5 Å². The third-order valence-electron chi connectivity index (χ3n) is 3.81. The molecule has 1 aromatic heterocycles. The third kappa shape index (κ3) is 4.61. The van der Waals surface area contributed by atoms with E-state index in [0.29, 0.717) is 18.3 Å². The SMILES string of the molecule is COc1cccc(-c2noc(CN(C)Cc3ccc(SC)cc3)n2)c1. The van der Waals surface area contributed by atoms with E-state index in [9.17, 15) is 0 Å². The lowest BCUT2D eigenvalue weighted by molar-refractivity contribution is 0.261. The Balaban J connectivity index is 1.63. The summed E-state index contributed by atoms with van der Waals surface area (Å²) in [6, 6.07) is 16.2. The van der Waals surface area contributed by atoms with E-state index in [2.05, 4.69) is 45.6 Å². The first-order valence-electron chi connectivity index (χ1n) is 7.96. The Morgan fingerprint density at radius 3 is 2.64 bits per heavy atom. The molecule has 5 nitrogen and oxygen atoms in total. The summed E-state index contributed by atoms with van der Waals surface area (Å²) in [7, 11) is 3.68. The van der Waals surface area contributed by atoms with Gasteiger partial charge in [0.2, 0.25) is 11.7 Å². The van der Waals surface area contributed by atoms with Crippen LogP contribution in [-0.4, -0.2) is 35.5 Å². The van der Waals surface area contributed by atoms with Crippen LogP contribution in [-0.2, 0) is 13.1 Å². The van der Waals surface area contributed by atoms with Crippen LogP contribution in [0.4, 0.5) is 0 Å². The van der Waals surface area contributed by atoms with Crippen LogP contribution in [0.5, 0.6) is 5.75 Å². The average Bonchev–Trinajstić information content (AvgIpc) is 3.10. The van der Waals surface area contributed by atoms with Gasteiger partial charge in [-0.1, -0.05) is 29.4 Å². The van der Waals surface area contributed by atoms with Crippen molar-refractivity contribution in [3.05, 3.63) is 60.0 Å². The molecule has 2 aromatic carbocycles. The fourth-order valence-electron chi connectivity index (χ4n) is 2.53. The van der Waals surface area contributed by atoms with E-state index in [1.165, 1.54) is 10.5 Å². The molecule has 3 aromatic rings. The molecule has 0 atom stereocenters. The number of methoxy groups -OCH3 is 1. The maximum absolute atomic E-state index is 5.39. The van der Waals surface area contributed by atoms with Crippen molar-refractivity contribution in [1.29, 1.82) is 0 Å². The molecule has 0 aliphatic rings. The molecule has 0 saturated carbocycles. The maximum Gasteiger partial charge on any atom is 0.241 e. The highest BCUT2D eigenvalue weighted by molar-refractivity contribution is 7.98. The highest BCUT2D eigenvalue weighted by atomic mass is 32.2. The minimum absolute atomic E-state index is 0.576. The number of aromatic nitrogens is 2. The van der Waals surface area contributed by atoms with Gasteiger partial charge in [0.15, 0.2) is 0 Å². The van der Waals surface area contributed by atoms with Crippen molar-refractivity contribution in [1.82, 2.24) is 15.0 Å². The summed E-state index contributed by atoms with van der Waals surface area (Å²) >= 11 is 1.75. The Kier molecular flexibility index (Phi) is 5.73. The van der Waals surface area contributed by atoms with Crippen LogP contribution in [0.3, 0.4) is 0 Å². The van der Waals surface area contributed by atoms with Crippen molar-refractivity contribution >= 4 is 11.8 Å². The van der Waals surface area contributed by atoms with E-state index >= 15 is 0 Å². The average molecular weight is 355 g/mol. The molecular weight excluding hydrogens is 334 g/mol. The largest absolute Gasteiger partial charge is 0.497 e. The topological polar surface area (TPSA) is 51.4 Å². The van der Waals surface area contributed by atoms with Gasteiger partial charge in [-0.25, -0.2) is 0 Å². The van der Waals surface area contributed by atoms with Gasteiger partial charge in [0.05, 0.1) is 13.7 Å². The van der Waals surface area contributed by atoms with E-state index in [1.807, 2.05) is 31.3 Å². The smallest absolute Gasteiger partial charge is 0.241 e. The lowest BCUT2D eigenvalue weighted by Crippen LogP contribution is -2.17. The monoisotopic (exact) mass is 355 g/mol. The van der Waals surface area contributed by atoms with Crippen LogP contribution in [0.25, 0.3) is 11.4 Å². The summed E-state index contributed by atoms with van der Waals surface area (Å²) in [5.41, 5.74) is 2.14. The summed E-state index contributed by atoms with van der Waals surface area (Å²) in [4.78, 5) is 7.91. The third-order valence-corrected chi connectivity index (χ3v) is 4.56.